The Balaban J connectivity index is 1.61. The Morgan fingerprint density at radius 3 is 2.68 bits per heavy atom. The normalized spacial score (nSPS) is 11.5. The van der Waals surface area contributed by atoms with Crippen LogP contribution >= 0.6 is 0 Å². The molecule has 1 heterocycles. The van der Waals surface area contributed by atoms with Gasteiger partial charge in [0.1, 0.15) is 5.75 Å². The molecule has 0 bridgehead atoms. The molecule has 3 rings (SSSR count). The standard InChI is InChI=1S/C19H16F3N3O6/c20-19(21,22)11-30-15-5-2-1-4-13(15)23-17(26)6-3-9-24-14-8-7-12(25(28)29)10-16(14)31-18(24)27/h1-2,4-5,7-8,10H,3,6,9,11H2,(H,23,26). The number of non-ortho nitro benzene ring substituents is 1. The Kier molecular flexibility index (Phi) is 6.28. The third-order valence-electron chi connectivity index (χ3n) is 4.20. The summed E-state index contributed by atoms with van der Waals surface area (Å²) in [4.78, 5) is 34.4. The van der Waals surface area contributed by atoms with E-state index in [4.69, 9.17) is 9.15 Å². The van der Waals surface area contributed by atoms with E-state index in [-0.39, 0.29) is 42.1 Å². The fourth-order valence-electron chi connectivity index (χ4n) is 2.85. The van der Waals surface area contributed by atoms with E-state index in [9.17, 15) is 32.9 Å². The van der Waals surface area contributed by atoms with Gasteiger partial charge in [-0.1, -0.05) is 12.1 Å². The molecule has 1 amide bonds. The molecule has 0 atom stereocenters. The van der Waals surface area contributed by atoms with Gasteiger partial charge in [0.15, 0.2) is 12.2 Å². The number of hydrogen-bond donors (Lipinski definition) is 1. The first-order valence-corrected chi connectivity index (χ1v) is 9.00. The number of oxazole rings is 1. The smallest absolute Gasteiger partial charge is 0.422 e. The molecular formula is C19H16F3N3O6. The first kappa shape index (κ1) is 21.9. The van der Waals surface area contributed by atoms with Gasteiger partial charge in [0.25, 0.3) is 5.69 Å². The summed E-state index contributed by atoms with van der Waals surface area (Å²) in [5.41, 5.74) is 0.274. The molecule has 0 saturated carbocycles. The van der Waals surface area contributed by atoms with Gasteiger partial charge in [-0.15, -0.1) is 0 Å². The fourth-order valence-corrected chi connectivity index (χ4v) is 2.85. The number of anilines is 1. The van der Waals surface area contributed by atoms with Crippen LogP contribution in [0.1, 0.15) is 12.8 Å². The van der Waals surface area contributed by atoms with E-state index >= 15 is 0 Å². The summed E-state index contributed by atoms with van der Waals surface area (Å²) in [6.45, 7) is -1.39. The number of nitro groups is 1. The van der Waals surface area contributed by atoms with Crippen LogP contribution in [-0.2, 0) is 11.3 Å². The Morgan fingerprint density at radius 2 is 1.97 bits per heavy atom. The van der Waals surface area contributed by atoms with E-state index in [0.29, 0.717) is 5.52 Å². The first-order valence-electron chi connectivity index (χ1n) is 9.00. The number of rotatable bonds is 8. The summed E-state index contributed by atoms with van der Waals surface area (Å²) in [5.74, 6) is -1.33. The van der Waals surface area contributed by atoms with E-state index in [1.165, 1.54) is 41.0 Å². The number of ether oxygens (including phenoxy) is 1. The van der Waals surface area contributed by atoms with E-state index < -0.39 is 29.4 Å². The van der Waals surface area contributed by atoms with Crippen molar-refractivity contribution in [1.29, 1.82) is 0 Å². The third kappa shape index (κ3) is 5.62. The van der Waals surface area contributed by atoms with Crippen LogP contribution in [0.25, 0.3) is 11.1 Å². The Labute approximate surface area is 172 Å². The number of aromatic nitrogens is 1. The van der Waals surface area contributed by atoms with Crippen molar-refractivity contribution in [3.8, 4) is 5.75 Å². The third-order valence-corrected chi connectivity index (χ3v) is 4.20. The van der Waals surface area contributed by atoms with E-state index in [1.807, 2.05) is 0 Å². The number of halogens is 3. The Morgan fingerprint density at radius 1 is 1.23 bits per heavy atom. The Bertz CT molecular complexity index is 1170. The lowest BCUT2D eigenvalue weighted by atomic mass is 10.2. The summed E-state index contributed by atoms with van der Waals surface area (Å²) in [6.07, 6.45) is -4.35. The van der Waals surface area contributed by atoms with Gasteiger partial charge in [0.05, 0.1) is 22.2 Å². The maximum absolute atomic E-state index is 12.4. The van der Waals surface area contributed by atoms with Gasteiger partial charge in [-0.2, -0.15) is 13.2 Å². The van der Waals surface area contributed by atoms with Crippen LogP contribution < -0.4 is 15.8 Å². The van der Waals surface area contributed by atoms with Crippen molar-refractivity contribution < 1.29 is 32.0 Å². The van der Waals surface area contributed by atoms with Crippen molar-refractivity contribution in [2.24, 2.45) is 0 Å². The molecule has 9 nitrogen and oxygen atoms in total. The highest BCUT2D eigenvalue weighted by molar-refractivity contribution is 5.92. The zero-order valence-electron chi connectivity index (χ0n) is 15.8. The number of aryl methyl sites for hydroxylation is 1. The van der Waals surface area contributed by atoms with Crippen molar-refractivity contribution in [2.75, 3.05) is 11.9 Å². The lowest BCUT2D eigenvalue weighted by molar-refractivity contribution is -0.384. The highest BCUT2D eigenvalue weighted by atomic mass is 19.4. The number of carbonyl (C=O) groups excluding carboxylic acids is 1. The van der Waals surface area contributed by atoms with Crippen LogP contribution in [0.5, 0.6) is 5.75 Å². The van der Waals surface area contributed by atoms with Gasteiger partial charge in [-0.3, -0.25) is 19.5 Å². The highest BCUT2D eigenvalue weighted by Crippen LogP contribution is 2.26. The second-order valence-corrected chi connectivity index (χ2v) is 6.48. The molecule has 0 radical (unpaired) electrons. The highest BCUT2D eigenvalue weighted by Gasteiger charge is 2.28. The predicted octanol–water partition coefficient (Wildman–Crippen LogP) is 3.86. The molecular weight excluding hydrogens is 423 g/mol. The molecule has 1 aromatic heterocycles. The van der Waals surface area contributed by atoms with Gasteiger partial charge in [0.2, 0.25) is 5.91 Å². The van der Waals surface area contributed by atoms with Crippen LogP contribution in [0.15, 0.2) is 51.7 Å². The van der Waals surface area contributed by atoms with Gasteiger partial charge in [-0.05, 0) is 24.6 Å². The second-order valence-electron chi connectivity index (χ2n) is 6.48. The van der Waals surface area contributed by atoms with Crippen molar-refractivity contribution in [3.05, 3.63) is 63.1 Å². The molecule has 0 unspecified atom stereocenters. The number of carbonyl (C=O) groups is 1. The molecule has 0 aliphatic rings. The molecule has 0 aliphatic carbocycles. The number of amides is 1. The minimum atomic E-state index is -4.52. The van der Waals surface area contributed by atoms with Crippen molar-refractivity contribution in [3.63, 3.8) is 0 Å². The number of fused-ring (bicyclic) bond motifs is 1. The first-order chi connectivity index (χ1) is 14.6. The summed E-state index contributed by atoms with van der Waals surface area (Å²) >= 11 is 0. The van der Waals surface area contributed by atoms with Crippen molar-refractivity contribution in [2.45, 2.75) is 25.6 Å². The van der Waals surface area contributed by atoms with Crippen LogP contribution in [0.2, 0.25) is 0 Å². The van der Waals surface area contributed by atoms with Gasteiger partial charge >= 0.3 is 11.9 Å². The van der Waals surface area contributed by atoms with E-state index in [0.717, 1.165) is 6.07 Å². The van der Waals surface area contributed by atoms with Crippen LogP contribution in [0.3, 0.4) is 0 Å². The second kappa shape index (κ2) is 8.90. The molecule has 164 valence electrons. The SMILES string of the molecule is O=C(CCCn1c(=O)oc2cc([N+](=O)[O-])ccc21)Nc1ccccc1OCC(F)(F)F. The molecule has 0 aliphatic heterocycles. The summed E-state index contributed by atoms with van der Waals surface area (Å²) < 4.78 is 48.0. The largest absolute Gasteiger partial charge is 0.482 e. The molecule has 0 spiro atoms. The van der Waals surface area contributed by atoms with Crippen molar-refractivity contribution in [1.82, 2.24) is 4.57 Å². The zero-order chi connectivity index (χ0) is 22.6. The zero-order valence-corrected chi connectivity index (χ0v) is 15.8. The molecule has 1 N–H and O–H groups in total. The average Bonchev–Trinajstić information content (AvgIpc) is 3.01. The minimum Gasteiger partial charge on any atom is -0.482 e. The lowest BCUT2D eigenvalue weighted by Crippen LogP contribution is -2.20. The maximum atomic E-state index is 12.4. The Hall–Kier alpha value is -3.83. The number of benzene rings is 2. The number of nitrogens with one attached hydrogen (secondary N) is 1. The topological polar surface area (TPSA) is 117 Å². The summed E-state index contributed by atoms with van der Waals surface area (Å²) in [6, 6.07) is 9.47. The monoisotopic (exact) mass is 439 g/mol. The molecule has 3 aromatic rings. The lowest BCUT2D eigenvalue weighted by Gasteiger charge is -2.13. The van der Waals surface area contributed by atoms with Gasteiger partial charge < -0.3 is 14.5 Å². The molecule has 0 fully saturated rings. The quantitative estimate of drug-likeness (QED) is 0.421. The van der Waals surface area contributed by atoms with Crippen LogP contribution in [-0.4, -0.2) is 28.2 Å². The molecule has 0 saturated heterocycles. The minimum absolute atomic E-state index is 0.0420. The fraction of sp³-hybridized carbons (Fsp3) is 0.263. The summed E-state index contributed by atoms with van der Waals surface area (Å²) in [7, 11) is 0. The maximum Gasteiger partial charge on any atom is 0.422 e. The van der Waals surface area contributed by atoms with Gasteiger partial charge in [0, 0.05) is 19.0 Å². The molecule has 31 heavy (non-hydrogen) atoms. The number of alkyl halides is 3. The van der Waals surface area contributed by atoms with Gasteiger partial charge in [-0.25, -0.2) is 4.79 Å². The average molecular weight is 439 g/mol. The van der Waals surface area contributed by atoms with E-state index in [1.54, 1.807) is 0 Å². The van der Waals surface area contributed by atoms with Crippen LogP contribution in [0, 0.1) is 10.1 Å². The number of hydrogen-bond acceptors (Lipinski definition) is 6. The number of para-hydroxylation sites is 2. The summed E-state index contributed by atoms with van der Waals surface area (Å²) in [5, 5.41) is 13.3. The van der Waals surface area contributed by atoms with Crippen LogP contribution in [0.4, 0.5) is 24.5 Å². The number of nitro benzene ring substituents is 1. The number of nitrogens with zero attached hydrogens (tertiary/aromatic N) is 2. The molecule has 12 heteroatoms. The molecule has 2 aromatic carbocycles. The predicted molar refractivity (Wildman–Crippen MR) is 103 cm³/mol. The van der Waals surface area contributed by atoms with E-state index in [2.05, 4.69) is 5.32 Å². The van der Waals surface area contributed by atoms with Crippen molar-refractivity contribution >= 4 is 28.4 Å².